The highest BCUT2D eigenvalue weighted by molar-refractivity contribution is 7.98. The van der Waals surface area contributed by atoms with Crippen molar-refractivity contribution >= 4 is 28.9 Å². The number of ketones is 1. The number of rotatable bonds is 4. The zero-order valence-corrected chi connectivity index (χ0v) is 16.7. The van der Waals surface area contributed by atoms with Crippen molar-refractivity contribution in [3.8, 4) is 10.6 Å². The summed E-state index contributed by atoms with van der Waals surface area (Å²) in [6.45, 7) is 4.33. The second kappa shape index (κ2) is 6.63. The number of carbonyl (C=O) groups is 1. The maximum absolute atomic E-state index is 13.0. The van der Waals surface area contributed by atoms with E-state index in [9.17, 15) is 4.79 Å². The Morgan fingerprint density at radius 2 is 2.12 bits per heavy atom. The summed E-state index contributed by atoms with van der Waals surface area (Å²) in [6, 6.07) is 4.17. The summed E-state index contributed by atoms with van der Waals surface area (Å²) < 4.78 is 1.70. The molecule has 0 saturated heterocycles. The number of thiazole rings is 1. The zero-order valence-electron chi connectivity index (χ0n) is 15.0. The Kier molecular flexibility index (Phi) is 4.44. The molecular weight excluding hydrogens is 364 g/mol. The van der Waals surface area contributed by atoms with Crippen LogP contribution in [0.15, 0.2) is 34.9 Å². The van der Waals surface area contributed by atoms with Gasteiger partial charge in [0.1, 0.15) is 11.3 Å². The molecule has 134 valence electrons. The number of carbonyl (C=O) groups excluding carboxylic acids is 1. The van der Waals surface area contributed by atoms with Gasteiger partial charge in [-0.25, -0.2) is 9.97 Å². The minimum absolute atomic E-state index is 0.0259. The van der Waals surface area contributed by atoms with Gasteiger partial charge in [-0.1, -0.05) is 19.9 Å². The molecule has 5 nitrogen and oxygen atoms in total. The van der Waals surface area contributed by atoms with Gasteiger partial charge in [0.15, 0.2) is 11.6 Å². The van der Waals surface area contributed by atoms with Crippen LogP contribution in [0.2, 0.25) is 0 Å². The Labute approximate surface area is 160 Å². The Morgan fingerprint density at radius 3 is 2.81 bits per heavy atom. The van der Waals surface area contributed by atoms with Crippen LogP contribution in [0.1, 0.15) is 42.0 Å². The largest absolute Gasteiger partial charge is 0.294 e. The molecule has 0 amide bonds. The molecule has 0 atom stereocenters. The molecule has 2 heterocycles. The minimum Gasteiger partial charge on any atom is -0.294 e. The van der Waals surface area contributed by atoms with E-state index in [4.69, 9.17) is 0 Å². The van der Waals surface area contributed by atoms with Crippen LogP contribution in [0.4, 0.5) is 0 Å². The highest BCUT2D eigenvalue weighted by atomic mass is 32.2. The van der Waals surface area contributed by atoms with E-state index in [2.05, 4.69) is 41.0 Å². The predicted octanol–water partition coefficient (Wildman–Crippen LogP) is 4.39. The molecule has 2 aromatic heterocycles. The first-order valence-corrected chi connectivity index (χ1v) is 10.4. The molecule has 7 heteroatoms. The number of hydrogen-bond donors (Lipinski definition) is 0. The number of thioether (sulfide) groups is 1. The van der Waals surface area contributed by atoms with Crippen molar-refractivity contribution in [3.63, 3.8) is 0 Å². The first-order chi connectivity index (χ1) is 12.4. The lowest BCUT2D eigenvalue weighted by Crippen LogP contribution is -2.28. The fraction of sp³-hybridized carbons (Fsp3) is 0.368. The van der Waals surface area contributed by atoms with Crippen LogP contribution in [-0.4, -0.2) is 25.5 Å². The van der Waals surface area contributed by atoms with Crippen LogP contribution in [0.5, 0.6) is 0 Å². The Hall–Kier alpha value is -1.99. The number of aryl methyl sites for hydroxylation is 1. The molecular formula is C19H20N4OS2. The SMILES string of the molecule is Cn1cnc(CSc2ccc(-c3nccs3)c3c2C(=O)CC(C)(C)C3)n1. The normalized spacial score (nSPS) is 15.9. The first kappa shape index (κ1) is 17.4. The Bertz CT molecular complexity index is 960. The van der Waals surface area contributed by atoms with Crippen LogP contribution in [-0.2, 0) is 19.2 Å². The number of hydrogen-bond acceptors (Lipinski definition) is 6. The van der Waals surface area contributed by atoms with E-state index >= 15 is 0 Å². The molecule has 0 aliphatic heterocycles. The van der Waals surface area contributed by atoms with Gasteiger partial charge in [0.05, 0.1) is 5.75 Å². The van der Waals surface area contributed by atoms with E-state index < -0.39 is 0 Å². The van der Waals surface area contributed by atoms with Gasteiger partial charge < -0.3 is 0 Å². The third kappa shape index (κ3) is 3.33. The van der Waals surface area contributed by atoms with Gasteiger partial charge in [0, 0.05) is 41.1 Å². The predicted molar refractivity (Wildman–Crippen MR) is 105 cm³/mol. The summed E-state index contributed by atoms with van der Waals surface area (Å²) in [4.78, 5) is 22.8. The van der Waals surface area contributed by atoms with Gasteiger partial charge in [-0.15, -0.1) is 23.1 Å². The topological polar surface area (TPSA) is 60.7 Å². The molecule has 0 fully saturated rings. The van der Waals surface area contributed by atoms with Crippen molar-refractivity contribution < 1.29 is 4.79 Å². The number of fused-ring (bicyclic) bond motifs is 1. The van der Waals surface area contributed by atoms with Crippen molar-refractivity contribution in [1.29, 1.82) is 0 Å². The number of nitrogens with zero attached hydrogens (tertiary/aromatic N) is 4. The molecule has 1 aliphatic rings. The van der Waals surface area contributed by atoms with E-state index in [0.717, 1.165) is 38.8 Å². The monoisotopic (exact) mass is 384 g/mol. The van der Waals surface area contributed by atoms with Gasteiger partial charge in [-0.05, 0) is 23.5 Å². The Balaban J connectivity index is 1.75. The zero-order chi connectivity index (χ0) is 18.3. The fourth-order valence-corrected chi connectivity index (χ4v) is 5.10. The molecule has 1 aromatic carbocycles. The minimum atomic E-state index is -0.0259. The van der Waals surface area contributed by atoms with Gasteiger partial charge in [0.2, 0.25) is 0 Å². The standard InChI is InChI=1S/C19H20N4OS2/c1-19(2)8-13-12(18-20-6-7-25-18)4-5-15(17(13)14(24)9-19)26-10-16-21-11-23(3)22-16/h4-7,11H,8-10H2,1-3H3. The number of aromatic nitrogens is 4. The lowest BCUT2D eigenvalue weighted by atomic mass is 9.72. The smallest absolute Gasteiger partial charge is 0.164 e. The van der Waals surface area contributed by atoms with Gasteiger partial charge in [0.25, 0.3) is 0 Å². The molecule has 0 saturated carbocycles. The van der Waals surface area contributed by atoms with E-state index in [1.165, 1.54) is 0 Å². The van der Waals surface area contributed by atoms with E-state index in [0.29, 0.717) is 12.2 Å². The molecule has 4 rings (SSSR count). The lowest BCUT2D eigenvalue weighted by molar-refractivity contribution is 0.0909. The fourth-order valence-electron chi connectivity index (χ4n) is 3.45. The number of benzene rings is 1. The molecule has 26 heavy (non-hydrogen) atoms. The quantitative estimate of drug-likeness (QED) is 0.625. The average Bonchev–Trinajstić information content (AvgIpc) is 3.23. The maximum atomic E-state index is 13.0. The number of Topliss-reactive ketones (excluding diaryl/α,β-unsaturated/α-hetero) is 1. The van der Waals surface area contributed by atoms with Gasteiger partial charge in [-0.3, -0.25) is 9.48 Å². The summed E-state index contributed by atoms with van der Waals surface area (Å²) in [5.41, 5.74) is 3.08. The van der Waals surface area contributed by atoms with Crippen LogP contribution in [0, 0.1) is 5.41 Å². The maximum Gasteiger partial charge on any atom is 0.164 e. The van der Waals surface area contributed by atoms with E-state index in [1.807, 2.05) is 18.6 Å². The third-order valence-corrected chi connectivity index (χ3v) is 6.37. The summed E-state index contributed by atoms with van der Waals surface area (Å²) >= 11 is 3.25. The van der Waals surface area contributed by atoms with Gasteiger partial charge >= 0.3 is 0 Å². The molecule has 1 aliphatic carbocycles. The second-order valence-electron chi connectivity index (χ2n) is 7.37. The van der Waals surface area contributed by atoms with Crippen molar-refractivity contribution in [2.45, 2.75) is 37.3 Å². The summed E-state index contributed by atoms with van der Waals surface area (Å²) in [5.74, 6) is 1.66. The third-order valence-electron chi connectivity index (χ3n) is 4.51. The molecule has 0 spiro atoms. The van der Waals surface area contributed by atoms with E-state index in [1.54, 1.807) is 34.1 Å². The first-order valence-electron chi connectivity index (χ1n) is 8.49. The summed E-state index contributed by atoms with van der Waals surface area (Å²) in [5, 5.41) is 7.29. The molecule has 0 N–H and O–H groups in total. The molecule has 0 unspecified atom stereocenters. The van der Waals surface area contributed by atoms with Crippen molar-refractivity contribution in [2.75, 3.05) is 0 Å². The van der Waals surface area contributed by atoms with Crippen LogP contribution in [0.25, 0.3) is 10.6 Å². The second-order valence-corrected chi connectivity index (χ2v) is 9.28. The molecule has 0 bridgehead atoms. The highest BCUT2D eigenvalue weighted by Crippen LogP contribution is 2.43. The van der Waals surface area contributed by atoms with Crippen LogP contribution < -0.4 is 0 Å². The summed E-state index contributed by atoms with van der Waals surface area (Å²) in [6.07, 6.45) is 4.98. The highest BCUT2D eigenvalue weighted by Gasteiger charge is 2.34. The van der Waals surface area contributed by atoms with Crippen LogP contribution in [0.3, 0.4) is 0 Å². The van der Waals surface area contributed by atoms with Crippen LogP contribution >= 0.6 is 23.1 Å². The Morgan fingerprint density at radius 1 is 1.27 bits per heavy atom. The average molecular weight is 385 g/mol. The summed E-state index contributed by atoms with van der Waals surface area (Å²) in [7, 11) is 1.86. The van der Waals surface area contributed by atoms with Crippen molar-refractivity contribution in [2.24, 2.45) is 12.5 Å². The van der Waals surface area contributed by atoms with Crippen molar-refractivity contribution in [1.82, 2.24) is 19.7 Å². The van der Waals surface area contributed by atoms with Crippen molar-refractivity contribution in [3.05, 3.63) is 47.0 Å². The van der Waals surface area contributed by atoms with Gasteiger partial charge in [-0.2, -0.15) is 5.10 Å². The molecule has 3 aromatic rings. The lowest BCUT2D eigenvalue weighted by Gasteiger charge is -2.32. The van der Waals surface area contributed by atoms with E-state index in [-0.39, 0.29) is 11.2 Å². The molecule has 0 radical (unpaired) electrons.